The fourth-order valence-electron chi connectivity index (χ4n) is 4.40. The van der Waals surface area contributed by atoms with Crippen LogP contribution in [0.2, 0.25) is 0 Å². The number of hydrogen-bond acceptors (Lipinski definition) is 5. The van der Waals surface area contributed by atoms with Crippen molar-refractivity contribution in [3.8, 4) is 0 Å². The summed E-state index contributed by atoms with van der Waals surface area (Å²) < 4.78 is 0. The molecule has 0 saturated carbocycles. The largest absolute Gasteiger partial charge is 0.367 e. The van der Waals surface area contributed by atoms with Crippen LogP contribution in [0, 0.1) is 0 Å². The van der Waals surface area contributed by atoms with Crippen LogP contribution in [-0.4, -0.2) is 64.3 Å². The second-order valence-corrected chi connectivity index (χ2v) is 8.16. The van der Waals surface area contributed by atoms with Crippen molar-refractivity contribution in [3.63, 3.8) is 0 Å². The van der Waals surface area contributed by atoms with Crippen molar-refractivity contribution < 1.29 is 9.59 Å². The Bertz CT molecular complexity index is 1110. The van der Waals surface area contributed by atoms with Crippen LogP contribution in [0.1, 0.15) is 32.0 Å². The molecule has 7 heteroatoms. The van der Waals surface area contributed by atoms with Gasteiger partial charge in [0.05, 0.1) is 6.20 Å². The highest BCUT2D eigenvalue weighted by Crippen LogP contribution is 2.25. The highest BCUT2D eigenvalue weighted by Gasteiger charge is 2.26. The molecule has 1 aromatic heterocycles. The number of piperazine rings is 1. The number of benzene rings is 2. The van der Waals surface area contributed by atoms with Crippen molar-refractivity contribution in [1.29, 1.82) is 0 Å². The van der Waals surface area contributed by atoms with Crippen LogP contribution in [-0.2, 0) is 13.0 Å². The molecule has 5 rings (SSSR count). The van der Waals surface area contributed by atoms with Gasteiger partial charge in [-0.05, 0) is 41.8 Å². The van der Waals surface area contributed by atoms with E-state index >= 15 is 0 Å². The topological polar surface area (TPSA) is 69.6 Å². The maximum Gasteiger partial charge on any atom is 0.274 e. The number of amides is 2. The molecule has 1 fully saturated rings. The van der Waals surface area contributed by atoms with Gasteiger partial charge in [-0.3, -0.25) is 14.6 Å². The number of rotatable bonds is 3. The standard InChI is InChI=1S/C25H25N5O2/c31-24(28-13-15-29(16-14-28)25(32)23-17-26-10-11-27-23)20-5-7-22(8-6-20)30-12-9-19-3-1-2-4-21(19)18-30/h1-8,10-11,17H,9,12-16,18H2. The molecule has 32 heavy (non-hydrogen) atoms. The average Bonchev–Trinajstić information content (AvgIpc) is 2.88. The van der Waals surface area contributed by atoms with Crippen LogP contribution in [0.5, 0.6) is 0 Å². The molecule has 1 saturated heterocycles. The fourth-order valence-corrected chi connectivity index (χ4v) is 4.40. The number of fused-ring (bicyclic) bond motifs is 1. The van der Waals surface area contributed by atoms with Crippen LogP contribution in [0.4, 0.5) is 5.69 Å². The zero-order valence-electron chi connectivity index (χ0n) is 17.9. The Balaban J connectivity index is 1.19. The van der Waals surface area contributed by atoms with E-state index in [0.717, 1.165) is 25.2 Å². The second-order valence-electron chi connectivity index (χ2n) is 8.16. The number of aromatic nitrogens is 2. The van der Waals surface area contributed by atoms with Gasteiger partial charge in [-0.2, -0.15) is 0 Å². The SMILES string of the molecule is O=C(c1ccc(N2CCc3ccccc3C2)cc1)N1CCN(C(=O)c2cnccn2)CC1. The molecule has 2 amide bonds. The van der Waals surface area contributed by atoms with E-state index in [2.05, 4.69) is 39.1 Å². The van der Waals surface area contributed by atoms with Gasteiger partial charge in [-0.15, -0.1) is 0 Å². The Morgan fingerprint density at radius 3 is 2.12 bits per heavy atom. The van der Waals surface area contributed by atoms with E-state index in [9.17, 15) is 9.59 Å². The molecule has 3 heterocycles. The lowest BCUT2D eigenvalue weighted by atomic mass is 9.99. The molecule has 0 bridgehead atoms. The number of carbonyl (C=O) groups excluding carboxylic acids is 2. The first-order chi connectivity index (χ1) is 15.7. The lowest BCUT2D eigenvalue weighted by Gasteiger charge is -2.34. The van der Waals surface area contributed by atoms with Gasteiger partial charge >= 0.3 is 0 Å². The van der Waals surface area contributed by atoms with Crippen LogP contribution in [0.15, 0.2) is 67.1 Å². The van der Waals surface area contributed by atoms with Gasteiger partial charge in [-0.25, -0.2) is 4.98 Å². The van der Waals surface area contributed by atoms with E-state index in [-0.39, 0.29) is 11.8 Å². The molecule has 2 aromatic carbocycles. The molecule has 162 valence electrons. The summed E-state index contributed by atoms with van der Waals surface area (Å²) >= 11 is 0. The summed E-state index contributed by atoms with van der Waals surface area (Å²) in [5.74, 6) is -0.134. The minimum absolute atomic E-state index is 0.00661. The minimum Gasteiger partial charge on any atom is -0.367 e. The molecule has 0 unspecified atom stereocenters. The fraction of sp³-hybridized carbons (Fsp3) is 0.280. The molecule has 2 aliphatic rings. The first kappa shape index (κ1) is 20.2. The number of carbonyl (C=O) groups is 2. The summed E-state index contributed by atoms with van der Waals surface area (Å²) in [5, 5.41) is 0. The van der Waals surface area contributed by atoms with E-state index in [0.29, 0.717) is 37.4 Å². The molecule has 0 N–H and O–H groups in total. The molecule has 2 aliphatic heterocycles. The van der Waals surface area contributed by atoms with E-state index in [1.54, 1.807) is 11.1 Å². The average molecular weight is 428 g/mol. The summed E-state index contributed by atoms with van der Waals surface area (Å²) in [7, 11) is 0. The van der Waals surface area contributed by atoms with E-state index in [4.69, 9.17) is 0 Å². The minimum atomic E-state index is -0.141. The lowest BCUT2D eigenvalue weighted by molar-refractivity contribution is 0.0532. The Hall–Kier alpha value is -3.74. The number of hydrogen-bond donors (Lipinski definition) is 0. The van der Waals surface area contributed by atoms with Crippen LogP contribution < -0.4 is 4.90 Å². The Morgan fingerprint density at radius 1 is 0.750 bits per heavy atom. The highest BCUT2D eigenvalue weighted by molar-refractivity contribution is 5.95. The van der Waals surface area contributed by atoms with Gasteiger partial charge in [0, 0.05) is 62.9 Å². The van der Waals surface area contributed by atoms with Gasteiger partial charge in [0.2, 0.25) is 0 Å². The first-order valence-corrected chi connectivity index (χ1v) is 11.0. The molecule has 0 aliphatic carbocycles. The van der Waals surface area contributed by atoms with Crippen molar-refractivity contribution in [2.24, 2.45) is 0 Å². The van der Waals surface area contributed by atoms with E-state index in [1.165, 1.54) is 23.5 Å². The van der Waals surface area contributed by atoms with Gasteiger partial charge < -0.3 is 14.7 Å². The third kappa shape index (κ3) is 4.06. The normalized spacial score (nSPS) is 15.9. The molecule has 0 atom stereocenters. The van der Waals surface area contributed by atoms with Crippen LogP contribution in [0.3, 0.4) is 0 Å². The zero-order valence-corrected chi connectivity index (χ0v) is 17.9. The first-order valence-electron chi connectivity index (χ1n) is 11.0. The molecular formula is C25H25N5O2. The van der Waals surface area contributed by atoms with Gasteiger partial charge in [0.15, 0.2) is 0 Å². The quantitative estimate of drug-likeness (QED) is 0.643. The third-order valence-corrected chi connectivity index (χ3v) is 6.25. The molecule has 0 radical (unpaired) electrons. The Morgan fingerprint density at radius 2 is 1.44 bits per heavy atom. The lowest BCUT2D eigenvalue weighted by Crippen LogP contribution is -2.50. The van der Waals surface area contributed by atoms with Crippen LogP contribution in [0.25, 0.3) is 0 Å². The predicted octanol–water partition coefficient (Wildman–Crippen LogP) is 2.64. The molecular weight excluding hydrogens is 402 g/mol. The van der Waals surface area contributed by atoms with Crippen molar-refractivity contribution in [1.82, 2.24) is 19.8 Å². The van der Waals surface area contributed by atoms with E-state index < -0.39 is 0 Å². The van der Waals surface area contributed by atoms with Crippen LogP contribution >= 0.6 is 0 Å². The summed E-state index contributed by atoms with van der Waals surface area (Å²) in [6, 6.07) is 16.5. The summed E-state index contributed by atoms with van der Waals surface area (Å²) in [6.07, 6.45) is 5.57. The van der Waals surface area contributed by atoms with Gasteiger partial charge in [0.25, 0.3) is 11.8 Å². The van der Waals surface area contributed by atoms with E-state index in [1.807, 2.05) is 29.2 Å². The maximum absolute atomic E-state index is 13.0. The monoisotopic (exact) mass is 427 g/mol. The summed E-state index contributed by atoms with van der Waals surface area (Å²) in [5.41, 5.74) is 4.94. The predicted molar refractivity (Wildman–Crippen MR) is 121 cm³/mol. The van der Waals surface area contributed by atoms with Crippen molar-refractivity contribution >= 4 is 17.5 Å². The molecule has 0 spiro atoms. The smallest absolute Gasteiger partial charge is 0.274 e. The Labute approximate surface area is 187 Å². The van der Waals surface area contributed by atoms with Gasteiger partial charge in [0.1, 0.15) is 5.69 Å². The molecule has 3 aromatic rings. The van der Waals surface area contributed by atoms with Crippen molar-refractivity contribution in [3.05, 3.63) is 89.5 Å². The van der Waals surface area contributed by atoms with Crippen molar-refractivity contribution in [2.45, 2.75) is 13.0 Å². The van der Waals surface area contributed by atoms with Gasteiger partial charge in [-0.1, -0.05) is 24.3 Å². The summed E-state index contributed by atoms with van der Waals surface area (Å²) in [4.78, 5) is 39.4. The zero-order chi connectivity index (χ0) is 21.9. The second kappa shape index (κ2) is 8.78. The Kier molecular flexibility index (Phi) is 5.54. The molecule has 7 nitrogen and oxygen atoms in total. The van der Waals surface area contributed by atoms with Crippen molar-refractivity contribution in [2.75, 3.05) is 37.6 Å². The number of anilines is 1. The highest BCUT2D eigenvalue weighted by atomic mass is 16.2. The third-order valence-electron chi connectivity index (χ3n) is 6.25. The summed E-state index contributed by atoms with van der Waals surface area (Å²) in [6.45, 7) is 3.88. The number of nitrogens with zero attached hydrogens (tertiary/aromatic N) is 5. The maximum atomic E-state index is 13.0.